The molecule has 138 valence electrons. The first-order chi connectivity index (χ1) is 11.7. The third-order valence-electron chi connectivity index (χ3n) is 5.29. The van der Waals surface area contributed by atoms with Gasteiger partial charge in [-0.05, 0) is 32.4 Å². The Labute approximate surface area is 155 Å². The van der Waals surface area contributed by atoms with E-state index in [0.717, 1.165) is 49.5 Å². The third kappa shape index (κ3) is 3.72. The quantitative estimate of drug-likeness (QED) is 0.810. The molecule has 2 N–H and O–H groups in total. The van der Waals surface area contributed by atoms with Crippen molar-refractivity contribution < 1.29 is 14.3 Å². The first-order valence-electron chi connectivity index (χ1n) is 9.10. The normalized spacial score (nSPS) is 26.7. The predicted molar refractivity (Wildman–Crippen MR) is 98.9 cm³/mol. The lowest BCUT2D eigenvalue weighted by atomic mass is 10.0. The van der Waals surface area contributed by atoms with Crippen molar-refractivity contribution >= 4 is 18.3 Å². The zero-order valence-electron chi connectivity index (χ0n) is 14.8. The second kappa shape index (κ2) is 7.42. The van der Waals surface area contributed by atoms with Crippen molar-refractivity contribution in [2.75, 3.05) is 26.2 Å². The van der Waals surface area contributed by atoms with Gasteiger partial charge in [0.25, 0.3) is 0 Å². The first kappa shape index (κ1) is 18.3. The standard InChI is InChI=1S/C19H26N2O3.ClH/c1-3-23-18-5-13-4-11(2)24-17(13)7-15(18)14-6-16(14)19(22)21-10-12-8-20-9-12;/h5,7,11-12,14,16,20H,3-4,6,8-10H2,1-2H3,(H,21,22);1H. The Morgan fingerprint density at radius 3 is 2.88 bits per heavy atom. The molecule has 0 bridgehead atoms. The molecule has 1 saturated carbocycles. The summed E-state index contributed by atoms with van der Waals surface area (Å²) in [4.78, 5) is 12.4. The molecule has 2 heterocycles. The number of fused-ring (bicyclic) bond motifs is 1. The van der Waals surface area contributed by atoms with E-state index in [1.165, 1.54) is 5.56 Å². The summed E-state index contributed by atoms with van der Waals surface area (Å²) in [6.45, 7) is 7.55. The van der Waals surface area contributed by atoms with E-state index in [1.807, 2.05) is 6.92 Å². The molecule has 6 heteroatoms. The minimum Gasteiger partial charge on any atom is -0.494 e. The van der Waals surface area contributed by atoms with Crippen molar-refractivity contribution in [1.29, 1.82) is 0 Å². The van der Waals surface area contributed by atoms with Crippen LogP contribution >= 0.6 is 12.4 Å². The summed E-state index contributed by atoms with van der Waals surface area (Å²) in [5.74, 6) is 3.01. The summed E-state index contributed by atoms with van der Waals surface area (Å²) < 4.78 is 11.7. The Morgan fingerprint density at radius 2 is 2.20 bits per heavy atom. The van der Waals surface area contributed by atoms with Crippen molar-refractivity contribution in [2.24, 2.45) is 11.8 Å². The number of hydrogen-bond donors (Lipinski definition) is 2. The molecule has 1 saturated heterocycles. The molecule has 1 aromatic carbocycles. The van der Waals surface area contributed by atoms with Crippen molar-refractivity contribution in [1.82, 2.24) is 10.6 Å². The molecule has 3 unspecified atom stereocenters. The average Bonchev–Trinajstić information content (AvgIpc) is 3.21. The zero-order chi connectivity index (χ0) is 16.7. The van der Waals surface area contributed by atoms with Gasteiger partial charge in [0.2, 0.25) is 5.91 Å². The Balaban J connectivity index is 0.00000182. The number of hydrogen-bond acceptors (Lipinski definition) is 4. The Hall–Kier alpha value is -1.46. The number of amides is 1. The van der Waals surface area contributed by atoms with Crippen LogP contribution in [0.25, 0.3) is 0 Å². The van der Waals surface area contributed by atoms with Crippen molar-refractivity contribution in [2.45, 2.75) is 38.7 Å². The molecule has 3 aliphatic rings. The maximum Gasteiger partial charge on any atom is 0.223 e. The van der Waals surface area contributed by atoms with Gasteiger partial charge < -0.3 is 20.1 Å². The fourth-order valence-corrected chi connectivity index (χ4v) is 3.72. The molecule has 0 aromatic heterocycles. The second-order valence-electron chi connectivity index (χ2n) is 7.28. The minimum atomic E-state index is 0. The molecular weight excluding hydrogens is 340 g/mol. The number of halogens is 1. The molecule has 3 atom stereocenters. The molecule has 25 heavy (non-hydrogen) atoms. The van der Waals surface area contributed by atoms with Crippen molar-refractivity contribution in [3.63, 3.8) is 0 Å². The summed E-state index contributed by atoms with van der Waals surface area (Å²) in [6, 6.07) is 4.22. The van der Waals surface area contributed by atoms with Crippen LogP contribution in [0.4, 0.5) is 0 Å². The van der Waals surface area contributed by atoms with Crippen molar-refractivity contribution in [3.05, 3.63) is 23.3 Å². The fourth-order valence-electron chi connectivity index (χ4n) is 3.72. The topological polar surface area (TPSA) is 59.6 Å². The van der Waals surface area contributed by atoms with Crippen LogP contribution in [0.5, 0.6) is 11.5 Å². The highest BCUT2D eigenvalue weighted by Crippen LogP contribution is 2.52. The van der Waals surface area contributed by atoms with Crippen LogP contribution in [-0.2, 0) is 11.2 Å². The van der Waals surface area contributed by atoms with Gasteiger partial charge in [-0.15, -0.1) is 12.4 Å². The van der Waals surface area contributed by atoms with E-state index in [-0.39, 0.29) is 36.3 Å². The monoisotopic (exact) mass is 366 g/mol. The van der Waals surface area contributed by atoms with Gasteiger partial charge in [-0.1, -0.05) is 0 Å². The van der Waals surface area contributed by atoms with Gasteiger partial charge in [0.15, 0.2) is 0 Å². The van der Waals surface area contributed by atoms with Gasteiger partial charge in [0.05, 0.1) is 6.61 Å². The number of carbonyl (C=O) groups excluding carboxylic acids is 1. The molecule has 0 spiro atoms. The van der Waals surface area contributed by atoms with Crippen LogP contribution < -0.4 is 20.1 Å². The highest BCUT2D eigenvalue weighted by atomic mass is 35.5. The Kier molecular flexibility index (Phi) is 5.44. The van der Waals surface area contributed by atoms with E-state index >= 15 is 0 Å². The lowest BCUT2D eigenvalue weighted by molar-refractivity contribution is -0.122. The zero-order valence-corrected chi connectivity index (χ0v) is 15.7. The molecule has 2 fully saturated rings. The highest BCUT2D eigenvalue weighted by Gasteiger charge is 2.46. The van der Waals surface area contributed by atoms with Gasteiger partial charge in [-0.2, -0.15) is 0 Å². The number of carbonyl (C=O) groups is 1. The third-order valence-corrected chi connectivity index (χ3v) is 5.29. The summed E-state index contributed by atoms with van der Waals surface area (Å²) in [5, 5.41) is 6.34. The highest BCUT2D eigenvalue weighted by molar-refractivity contribution is 5.85. The predicted octanol–water partition coefficient (Wildman–Crippen LogP) is 2.27. The number of ether oxygens (including phenoxy) is 2. The van der Waals surface area contributed by atoms with E-state index in [4.69, 9.17) is 9.47 Å². The van der Waals surface area contributed by atoms with E-state index < -0.39 is 0 Å². The van der Waals surface area contributed by atoms with E-state index in [1.54, 1.807) is 0 Å². The fraction of sp³-hybridized carbons (Fsp3) is 0.632. The molecule has 4 rings (SSSR count). The Bertz CT molecular complexity index is 648. The van der Waals surface area contributed by atoms with Crippen LogP contribution in [0.2, 0.25) is 0 Å². The van der Waals surface area contributed by atoms with Gasteiger partial charge in [-0.3, -0.25) is 4.79 Å². The van der Waals surface area contributed by atoms with Gasteiger partial charge in [0.1, 0.15) is 17.6 Å². The summed E-state index contributed by atoms with van der Waals surface area (Å²) in [5.41, 5.74) is 2.35. The molecule has 1 amide bonds. The molecule has 1 aromatic rings. The van der Waals surface area contributed by atoms with Crippen molar-refractivity contribution in [3.8, 4) is 11.5 Å². The van der Waals surface area contributed by atoms with Crippen LogP contribution in [0.3, 0.4) is 0 Å². The molecule has 5 nitrogen and oxygen atoms in total. The summed E-state index contributed by atoms with van der Waals surface area (Å²) in [7, 11) is 0. The average molecular weight is 367 g/mol. The van der Waals surface area contributed by atoms with Gasteiger partial charge in [0, 0.05) is 54.9 Å². The van der Waals surface area contributed by atoms with Gasteiger partial charge >= 0.3 is 0 Å². The molecule has 1 aliphatic carbocycles. The first-order valence-corrected chi connectivity index (χ1v) is 9.10. The summed E-state index contributed by atoms with van der Waals surface area (Å²) in [6.07, 6.45) is 2.06. The van der Waals surface area contributed by atoms with Crippen LogP contribution in [0, 0.1) is 11.8 Å². The largest absolute Gasteiger partial charge is 0.494 e. The van der Waals surface area contributed by atoms with E-state index in [2.05, 4.69) is 29.7 Å². The smallest absolute Gasteiger partial charge is 0.223 e. The molecule has 0 radical (unpaired) electrons. The lowest BCUT2D eigenvalue weighted by Gasteiger charge is -2.27. The molecular formula is C19H27ClN2O3. The minimum absolute atomic E-state index is 0. The maximum atomic E-state index is 12.4. The van der Waals surface area contributed by atoms with Crippen LogP contribution in [-0.4, -0.2) is 38.3 Å². The molecule has 2 aliphatic heterocycles. The Morgan fingerprint density at radius 1 is 1.40 bits per heavy atom. The van der Waals surface area contributed by atoms with Crippen LogP contribution in [0.1, 0.15) is 37.3 Å². The maximum absolute atomic E-state index is 12.4. The van der Waals surface area contributed by atoms with Crippen LogP contribution in [0.15, 0.2) is 12.1 Å². The second-order valence-corrected chi connectivity index (χ2v) is 7.28. The van der Waals surface area contributed by atoms with E-state index in [0.29, 0.717) is 12.5 Å². The number of nitrogens with one attached hydrogen (secondary N) is 2. The SMILES string of the molecule is CCOc1cc2c(cc1C1CC1C(=O)NCC1CNC1)OC(C)C2.Cl. The van der Waals surface area contributed by atoms with Gasteiger partial charge in [-0.25, -0.2) is 0 Å². The van der Waals surface area contributed by atoms with E-state index in [9.17, 15) is 4.79 Å². The lowest BCUT2D eigenvalue weighted by Crippen LogP contribution is -2.48. The summed E-state index contributed by atoms with van der Waals surface area (Å²) >= 11 is 0. The number of rotatable bonds is 6. The number of benzene rings is 1.